The molecule has 1 nitrogen and oxygen atoms in total. The number of rotatable bonds is 11. The van der Waals surface area contributed by atoms with Crippen LogP contribution in [0, 0.1) is 40.9 Å². The Kier molecular flexibility index (Phi) is 11.2. The Morgan fingerprint density at radius 3 is 2.00 bits per heavy atom. The van der Waals surface area contributed by atoms with Crippen molar-refractivity contribution in [2.24, 2.45) is 11.8 Å². The zero-order chi connectivity index (χ0) is 32.8. The monoisotopic (exact) mass is 646 g/mol. The van der Waals surface area contributed by atoms with Crippen molar-refractivity contribution in [3.8, 4) is 5.75 Å². The summed E-state index contributed by atoms with van der Waals surface area (Å²) in [5, 5.41) is 0. The highest BCUT2D eigenvalue weighted by atomic mass is 19.3. The predicted octanol–water partition coefficient (Wildman–Crippen LogP) is 12.4. The van der Waals surface area contributed by atoms with Crippen molar-refractivity contribution in [2.45, 2.75) is 102 Å². The number of halogens is 7. The summed E-state index contributed by atoms with van der Waals surface area (Å²) >= 11 is 0. The highest BCUT2D eigenvalue weighted by Gasteiger charge is 2.44. The van der Waals surface area contributed by atoms with Crippen molar-refractivity contribution >= 4 is 12.2 Å². The molecule has 0 N–H and O–H groups in total. The molecule has 0 spiro atoms. The molecule has 3 aromatic rings. The van der Waals surface area contributed by atoms with Gasteiger partial charge in [-0.3, -0.25) is 0 Å². The highest BCUT2D eigenvalue weighted by molar-refractivity contribution is 5.70. The van der Waals surface area contributed by atoms with Crippen molar-refractivity contribution < 1.29 is 35.5 Å². The second-order valence-electron chi connectivity index (χ2n) is 13.0. The van der Waals surface area contributed by atoms with Crippen LogP contribution in [0.5, 0.6) is 5.75 Å². The van der Waals surface area contributed by atoms with Crippen LogP contribution in [0.2, 0.25) is 0 Å². The topological polar surface area (TPSA) is 9.23 Å². The van der Waals surface area contributed by atoms with Gasteiger partial charge in [0.25, 0.3) is 0 Å². The van der Waals surface area contributed by atoms with E-state index in [0.29, 0.717) is 34.7 Å². The first-order valence-corrected chi connectivity index (χ1v) is 16.5. The number of hydrogen-bond donors (Lipinski definition) is 0. The van der Waals surface area contributed by atoms with Crippen molar-refractivity contribution in [3.63, 3.8) is 0 Å². The molecule has 2 aliphatic rings. The third kappa shape index (κ3) is 8.34. The average molecular weight is 647 g/mol. The normalized spacial score (nSPS) is 22.3. The highest BCUT2D eigenvalue weighted by Crippen LogP contribution is 2.44. The number of alkyl halides is 2. The summed E-state index contributed by atoms with van der Waals surface area (Å²) in [5.74, 6) is -6.94. The first kappa shape index (κ1) is 34.1. The SMILES string of the molecule is CCCCCC1CCC(c2ccc(/C=C/c3ccc(C4CCC(C(F)(F)Oc5cc(F)c(F)c(F)c5)CC4)c(F)c3)c(F)c2)CC1. The van der Waals surface area contributed by atoms with E-state index >= 15 is 8.78 Å². The van der Waals surface area contributed by atoms with Crippen LogP contribution in [-0.2, 0) is 0 Å². The molecule has 0 bridgehead atoms. The van der Waals surface area contributed by atoms with Crippen LogP contribution in [0.25, 0.3) is 12.2 Å². The fourth-order valence-electron chi connectivity index (χ4n) is 7.14. The van der Waals surface area contributed by atoms with Crippen LogP contribution in [0.4, 0.5) is 30.7 Å². The minimum Gasteiger partial charge on any atom is -0.432 e. The van der Waals surface area contributed by atoms with Gasteiger partial charge in [-0.2, -0.15) is 8.78 Å². The number of hydrogen-bond acceptors (Lipinski definition) is 1. The quantitative estimate of drug-likeness (QED) is 0.0872. The summed E-state index contributed by atoms with van der Waals surface area (Å²) < 4.78 is 104. The first-order chi connectivity index (χ1) is 22.0. The Hall–Kier alpha value is -3.29. The first-order valence-electron chi connectivity index (χ1n) is 16.5. The molecule has 0 radical (unpaired) electrons. The molecule has 248 valence electrons. The summed E-state index contributed by atoms with van der Waals surface area (Å²) in [6, 6.07) is 10.9. The molecule has 2 aliphatic carbocycles. The number of ether oxygens (including phenoxy) is 1. The minimum atomic E-state index is -3.74. The Balaban J connectivity index is 1.14. The lowest BCUT2D eigenvalue weighted by molar-refractivity contribution is -0.222. The van der Waals surface area contributed by atoms with Crippen molar-refractivity contribution in [1.29, 1.82) is 0 Å². The molecule has 0 heterocycles. The summed E-state index contributed by atoms with van der Waals surface area (Å²) in [6.07, 6.45) is 9.77. The summed E-state index contributed by atoms with van der Waals surface area (Å²) in [7, 11) is 0. The van der Waals surface area contributed by atoms with Gasteiger partial charge in [0.2, 0.25) is 0 Å². The molecule has 0 aromatic heterocycles. The van der Waals surface area contributed by atoms with Gasteiger partial charge in [-0.1, -0.05) is 69.0 Å². The van der Waals surface area contributed by atoms with Gasteiger partial charge in [-0.25, -0.2) is 22.0 Å². The molecule has 5 rings (SSSR count). The zero-order valence-electron chi connectivity index (χ0n) is 26.1. The Morgan fingerprint density at radius 1 is 0.696 bits per heavy atom. The summed E-state index contributed by atoms with van der Waals surface area (Å²) in [5.41, 5.74) is 2.43. The molecular weight excluding hydrogens is 605 g/mol. The lowest BCUT2D eigenvalue weighted by Gasteiger charge is -2.33. The van der Waals surface area contributed by atoms with Crippen LogP contribution < -0.4 is 4.74 Å². The number of benzene rings is 3. The third-order valence-electron chi connectivity index (χ3n) is 9.89. The Bertz CT molecular complexity index is 1480. The molecular formula is C38H41F7O. The lowest BCUT2D eigenvalue weighted by atomic mass is 9.77. The minimum absolute atomic E-state index is 0.000584. The van der Waals surface area contributed by atoms with Gasteiger partial charge in [0.05, 0.1) is 5.92 Å². The molecule has 0 saturated heterocycles. The van der Waals surface area contributed by atoms with E-state index in [4.69, 9.17) is 0 Å². The zero-order valence-corrected chi connectivity index (χ0v) is 26.1. The van der Waals surface area contributed by atoms with Gasteiger partial charge in [0, 0.05) is 17.7 Å². The molecule has 2 saturated carbocycles. The number of unbranched alkanes of at least 4 members (excludes halogenated alkanes) is 2. The van der Waals surface area contributed by atoms with Gasteiger partial charge in [0.1, 0.15) is 17.4 Å². The molecule has 0 aliphatic heterocycles. The molecule has 8 heteroatoms. The van der Waals surface area contributed by atoms with Gasteiger partial charge in [0.15, 0.2) is 17.5 Å². The van der Waals surface area contributed by atoms with E-state index in [-0.39, 0.29) is 37.4 Å². The maximum atomic E-state index is 15.2. The van der Waals surface area contributed by atoms with Gasteiger partial charge < -0.3 is 4.74 Å². The van der Waals surface area contributed by atoms with Crippen LogP contribution in [0.3, 0.4) is 0 Å². The van der Waals surface area contributed by atoms with E-state index in [0.717, 1.165) is 24.3 Å². The van der Waals surface area contributed by atoms with Gasteiger partial charge >= 0.3 is 6.11 Å². The van der Waals surface area contributed by atoms with Crippen molar-refractivity contribution in [3.05, 3.63) is 99.9 Å². The lowest BCUT2D eigenvalue weighted by Crippen LogP contribution is -2.37. The van der Waals surface area contributed by atoms with Crippen molar-refractivity contribution in [2.75, 3.05) is 0 Å². The second kappa shape index (κ2) is 15.1. The van der Waals surface area contributed by atoms with Gasteiger partial charge in [-0.15, -0.1) is 0 Å². The standard InChI is InChI=1S/C38H41F7O/c1-2-3-4-5-24-6-10-26(11-7-24)29-14-13-28(33(39)21-29)12-8-25-9-19-32(34(40)20-25)27-15-17-30(18-16-27)38(44,45)46-31-22-35(41)37(43)36(42)23-31/h8-9,12-14,19-24,26-27,30H,2-7,10-11,15-18H2,1H3/b12-8+. The van der Waals surface area contributed by atoms with E-state index in [1.165, 1.54) is 44.6 Å². The fraction of sp³-hybridized carbons (Fsp3) is 0.474. The van der Waals surface area contributed by atoms with Gasteiger partial charge in [-0.05, 0) is 97.9 Å². The molecule has 0 unspecified atom stereocenters. The summed E-state index contributed by atoms with van der Waals surface area (Å²) in [4.78, 5) is 0. The predicted molar refractivity (Wildman–Crippen MR) is 167 cm³/mol. The van der Waals surface area contributed by atoms with E-state index in [1.54, 1.807) is 36.4 Å². The molecule has 46 heavy (non-hydrogen) atoms. The Morgan fingerprint density at radius 2 is 1.37 bits per heavy atom. The third-order valence-corrected chi connectivity index (χ3v) is 9.89. The summed E-state index contributed by atoms with van der Waals surface area (Å²) in [6.45, 7) is 2.22. The maximum absolute atomic E-state index is 15.2. The van der Waals surface area contributed by atoms with Crippen molar-refractivity contribution in [1.82, 2.24) is 0 Å². The largest absolute Gasteiger partial charge is 0.432 e. The van der Waals surface area contributed by atoms with Crippen LogP contribution in [0.15, 0.2) is 48.5 Å². The fourth-order valence-corrected chi connectivity index (χ4v) is 7.14. The molecule has 2 fully saturated rings. The van der Waals surface area contributed by atoms with Crippen LogP contribution in [-0.4, -0.2) is 6.11 Å². The van der Waals surface area contributed by atoms with E-state index < -0.39 is 41.0 Å². The molecule has 0 atom stereocenters. The smallest absolute Gasteiger partial charge is 0.400 e. The molecule has 3 aromatic carbocycles. The maximum Gasteiger partial charge on any atom is 0.400 e. The van der Waals surface area contributed by atoms with E-state index in [2.05, 4.69) is 11.7 Å². The average Bonchev–Trinajstić information content (AvgIpc) is 3.03. The Labute approximate surface area is 266 Å². The second-order valence-corrected chi connectivity index (χ2v) is 13.0. The van der Waals surface area contributed by atoms with E-state index in [1.807, 2.05) is 6.07 Å². The van der Waals surface area contributed by atoms with E-state index in [9.17, 15) is 22.0 Å². The van der Waals surface area contributed by atoms with Crippen LogP contribution >= 0.6 is 0 Å². The van der Waals surface area contributed by atoms with Crippen LogP contribution in [0.1, 0.15) is 118 Å². The molecule has 0 amide bonds.